The molecule has 1 aromatic carbocycles. The Morgan fingerprint density at radius 1 is 1.04 bits per heavy atom. The second-order valence-electron chi connectivity index (χ2n) is 6.76. The lowest BCUT2D eigenvalue weighted by Crippen LogP contribution is -2.42. The molecule has 1 heterocycles. The predicted octanol–water partition coefficient (Wildman–Crippen LogP) is 2.43. The molecule has 0 radical (unpaired) electrons. The lowest BCUT2D eigenvalue weighted by molar-refractivity contribution is -0.128. The van der Waals surface area contributed by atoms with Gasteiger partial charge < -0.3 is 20.3 Å². The third kappa shape index (κ3) is 5.11. The van der Waals surface area contributed by atoms with Gasteiger partial charge in [0, 0.05) is 25.2 Å². The van der Waals surface area contributed by atoms with Crippen LogP contribution in [0.2, 0.25) is 0 Å². The highest BCUT2D eigenvalue weighted by atomic mass is 16.5. The number of para-hydroxylation sites is 1. The van der Waals surface area contributed by atoms with Crippen LogP contribution in [0.3, 0.4) is 0 Å². The number of hydrogen-bond acceptors (Lipinski definition) is 3. The summed E-state index contributed by atoms with van der Waals surface area (Å²) in [4.78, 5) is 25.7. The molecular weight excluding hydrogens is 318 g/mol. The third-order valence-electron chi connectivity index (χ3n) is 4.87. The molecule has 6 nitrogen and oxygen atoms in total. The van der Waals surface area contributed by atoms with Crippen molar-refractivity contribution in [3.05, 3.63) is 29.8 Å². The summed E-state index contributed by atoms with van der Waals surface area (Å²) in [5.74, 6) is 0.820. The average molecular weight is 345 g/mol. The van der Waals surface area contributed by atoms with Crippen molar-refractivity contribution < 1.29 is 14.3 Å². The van der Waals surface area contributed by atoms with Crippen molar-refractivity contribution in [3.63, 3.8) is 0 Å². The van der Waals surface area contributed by atoms with Gasteiger partial charge in [0.2, 0.25) is 5.91 Å². The van der Waals surface area contributed by atoms with E-state index in [9.17, 15) is 9.59 Å². The van der Waals surface area contributed by atoms with Gasteiger partial charge in [-0.25, -0.2) is 4.79 Å². The number of nitrogens with one attached hydrogen (secondary N) is 2. The molecule has 25 heavy (non-hydrogen) atoms. The zero-order chi connectivity index (χ0) is 17.5. The minimum Gasteiger partial charge on any atom is -0.490 e. The fraction of sp³-hybridized carbons (Fsp3) is 0.579. The summed E-state index contributed by atoms with van der Waals surface area (Å²) in [5.41, 5.74) is 0.954. The molecule has 0 aromatic heterocycles. The summed E-state index contributed by atoms with van der Waals surface area (Å²) in [6, 6.07) is 7.46. The zero-order valence-electron chi connectivity index (χ0n) is 14.6. The summed E-state index contributed by atoms with van der Waals surface area (Å²) in [7, 11) is 0. The summed E-state index contributed by atoms with van der Waals surface area (Å²) < 4.78 is 6.07. The van der Waals surface area contributed by atoms with Gasteiger partial charge in [0.25, 0.3) is 0 Å². The summed E-state index contributed by atoms with van der Waals surface area (Å²) in [6.07, 6.45) is 7.03. The van der Waals surface area contributed by atoms with Gasteiger partial charge in [-0.3, -0.25) is 4.79 Å². The van der Waals surface area contributed by atoms with E-state index in [1.807, 2.05) is 24.3 Å². The first-order valence-corrected chi connectivity index (χ1v) is 9.26. The maximum absolute atomic E-state index is 12.0. The summed E-state index contributed by atoms with van der Waals surface area (Å²) >= 11 is 0. The normalized spacial score (nSPS) is 17.5. The Hall–Kier alpha value is -2.24. The molecule has 2 aliphatic rings. The van der Waals surface area contributed by atoms with Crippen LogP contribution >= 0.6 is 0 Å². The fourth-order valence-corrected chi connectivity index (χ4v) is 3.42. The maximum atomic E-state index is 12.0. The lowest BCUT2D eigenvalue weighted by atomic mass is 10.2. The van der Waals surface area contributed by atoms with Crippen LogP contribution < -0.4 is 15.4 Å². The highest BCUT2D eigenvalue weighted by Gasteiger charge is 2.19. The Bertz CT molecular complexity index is 593. The van der Waals surface area contributed by atoms with Crippen LogP contribution in [0.25, 0.3) is 0 Å². The predicted molar refractivity (Wildman–Crippen MR) is 95.4 cm³/mol. The molecule has 2 N–H and O–H groups in total. The van der Waals surface area contributed by atoms with E-state index in [2.05, 4.69) is 10.6 Å². The van der Waals surface area contributed by atoms with Gasteiger partial charge in [0.05, 0.1) is 12.6 Å². The van der Waals surface area contributed by atoms with Crippen molar-refractivity contribution in [1.29, 1.82) is 0 Å². The van der Waals surface area contributed by atoms with E-state index < -0.39 is 0 Å². The first-order valence-electron chi connectivity index (χ1n) is 9.26. The first kappa shape index (κ1) is 17.6. The van der Waals surface area contributed by atoms with E-state index in [0.717, 1.165) is 50.1 Å². The quantitative estimate of drug-likeness (QED) is 0.832. The van der Waals surface area contributed by atoms with Gasteiger partial charge in [-0.15, -0.1) is 0 Å². The minimum absolute atomic E-state index is 0.0161. The van der Waals surface area contributed by atoms with Crippen LogP contribution in [0, 0.1) is 0 Å². The Morgan fingerprint density at radius 2 is 1.76 bits per heavy atom. The summed E-state index contributed by atoms with van der Waals surface area (Å²) in [5, 5.41) is 5.45. The molecule has 1 saturated heterocycles. The second-order valence-corrected chi connectivity index (χ2v) is 6.76. The lowest BCUT2D eigenvalue weighted by Gasteiger charge is -2.17. The number of amides is 3. The fourth-order valence-electron chi connectivity index (χ4n) is 3.42. The highest BCUT2D eigenvalue weighted by Crippen LogP contribution is 2.26. The van der Waals surface area contributed by atoms with Crippen LogP contribution in [0.15, 0.2) is 24.3 Å². The molecule has 1 aliphatic carbocycles. The van der Waals surface area contributed by atoms with E-state index >= 15 is 0 Å². The SMILES string of the molecule is O=C(NCC(=O)N1CCCC1)NCc1ccccc1OC1CCCC1. The van der Waals surface area contributed by atoms with Crippen molar-refractivity contribution in [1.82, 2.24) is 15.5 Å². The van der Waals surface area contributed by atoms with Crippen LogP contribution in [-0.2, 0) is 11.3 Å². The molecule has 3 rings (SSSR count). The van der Waals surface area contributed by atoms with Crippen LogP contribution in [0.5, 0.6) is 5.75 Å². The van der Waals surface area contributed by atoms with Gasteiger partial charge in [0.15, 0.2) is 0 Å². The number of carbonyl (C=O) groups is 2. The molecule has 1 aliphatic heterocycles. The zero-order valence-corrected chi connectivity index (χ0v) is 14.6. The molecule has 0 atom stereocenters. The molecule has 2 fully saturated rings. The number of rotatable bonds is 6. The van der Waals surface area contributed by atoms with E-state index in [1.54, 1.807) is 4.90 Å². The molecule has 1 saturated carbocycles. The Balaban J connectivity index is 1.44. The highest BCUT2D eigenvalue weighted by molar-refractivity contribution is 5.84. The standard InChI is InChI=1S/C19H27N3O3/c23-18(22-11-5-6-12-22)14-21-19(24)20-13-15-7-1-4-10-17(15)25-16-8-2-3-9-16/h1,4,7,10,16H,2-3,5-6,8-9,11-14H2,(H2,20,21,24). The largest absolute Gasteiger partial charge is 0.490 e. The monoisotopic (exact) mass is 345 g/mol. The van der Waals surface area contributed by atoms with Gasteiger partial charge in [-0.05, 0) is 44.6 Å². The first-order chi connectivity index (χ1) is 12.2. The van der Waals surface area contributed by atoms with Gasteiger partial charge in [-0.2, -0.15) is 0 Å². The minimum atomic E-state index is -0.330. The number of carbonyl (C=O) groups excluding carboxylic acids is 2. The molecular formula is C19H27N3O3. The molecule has 1 aromatic rings. The topological polar surface area (TPSA) is 70.7 Å². The van der Waals surface area contributed by atoms with Crippen LogP contribution in [0.1, 0.15) is 44.1 Å². The molecule has 6 heteroatoms. The van der Waals surface area contributed by atoms with Crippen LogP contribution in [-0.4, -0.2) is 42.6 Å². The summed E-state index contributed by atoms with van der Waals surface area (Å²) in [6.45, 7) is 2.03. The number of nitrogens with zero attached hydrogens (tertiary/aromatic N) is 1. The number of ether oxygens (including phenoxy) is 1. The second kappa shape index (κ2) is 8.74. The Kier molecular flexibility index (Phi) is 6.14. The number of likely N-dealkylation sites (tertiary alicyclic amines) is 1. The van der Waals surface area contributed by atoms with Crippen molar-refractivity contribution in [2.45, 2.75) is 51.2 Å². The van der Waals surface area contributed by atoms with E-state index in [1.165, 1.54) is 12.8 Å². The van der Waals surface area contributed by atoms with E-state index in [4.69, 9.17) is 4.74 Å². The van der Waals surface area contributed by atoms with Gasteiger partial charge in [0.1, 0.15) is 5.75 Å². The van der Waals surface area contributed by atoms with Crippen molar-refractivity contribution in [3.8, 4) is 5.75 Å². The molecule has 0 unspecified atom stereocenters. The van der Waals surface area contributed by atoms with Crippen molar-refractivity contribution >= 4 is 11.9 Å². The number of benzene rings is 1. The van der Waals surface area contributed by atoms with Crippen LogP contribution in [0.4, 0.5) is 4.79 Å². The third-order valence-corrected chi connectivity index (χ3v) is 4.87. The smallest absolute Gasteiger partial charge is 0.315 e. The van der Waals surface area contributed by atoms with Crippen molar-refractivity contribution in [2.24, 2.45) is 0 Å². The average Bonchev–Trinajstić information content (AvgIpc) is 3.32. The molecule has 3 amide bonds. The van der Waals surface area contributed by atoms with Gasteiger partial charge in [-0.1, -0.05) is 18.2 Å². The Labute approximate surface area is 148 Å². The molecule has 136 valence electrons. The number of hydrogen-bond donors (Lipinski definition) is 2. The molecule has 0 spiro atoms. The van der Waals surface area contributed by atoms with Crippen molar-refractivity contribution in [2.75, 3.05) is 19.6 Å². The number of urea groups is 1. The molecule has 0 bridgehead atoms. The van der Waals surface area contributed by atoms with E-state index in [-0.39, 0.29) is 24.6 Å². The Morgan fingerprint density at radius 3 is 2.52 bits per heavy atom. The van der Waals surface area contributed by atoms with E-state index in [0.29, 0.717) is 6.54 Å². The van der Waals surface area contributed by atoms with Gasteiger partial charge >= 0.3 is 6.03 Å². The maximum Gasteiger partial charge on any atom is 0.315 e.